The van der Waals surface area contributed by atoms with Gasteiger partial charge in [-0.1, -0.05) is 190 Å². The van der Waals surface area contributed by atoms with Crippen molar-refractivity contribution in [2.45, 2.75) is 19.3 Å². The summed E-state index contributed by atoms with van der Waals surface area (Å²) in [5.74, 6) is 1.90. The lowest BCUT2D eigenvalue weighted by atomic mass is 9.81. The van der Waals surface area contributed by atoms with Crippen LogP contribution in [0.25, 0.3) is 89.8 Å². The molecule has 1 aliphatic carbocycles. The van der Waals surface area contributed by atoms with Gasteiger partial charge in [0.2, 0.25) is 0 Å². The molecule has 10 rings (SSSR count). The Labute approximate surface area is 334 Å². The fourth-order valence-corrected chi connectivity index (χ4v) is 8.27. The number of fused-ring (bicyclic) bond motifs is 3. The van der Waals surface area contributed by atoms with E-state index in [-0.39, 0.29) is 5.41 Å². The van der Waals surface area contributed by atoms with E-state index in [0.29, 0.717) is 17.5 Å². The zero-order chi connectivity index (χ0) is 38.3. The molecular weight excluding hydrogens is 691 g/mol. The van der Waals surface area contributed by atoms with Gasteiger partial charge in [-0.15, -0.1) is 0 Å². The van der Waals surface area contributed by atoms with Crippen LogP contribution in [0.5, 0.6) is 0 Å². The molecule has 0 N–H and O–H groups in total. The third kappa shape index (κ3) is 6.43. The predicted molar refractivity (Wildman–Crippen MR) is 235 cm³/mol. The first-order valence-corrected chi connectivity index (χ1v) is 19.5. The number of nitrogens with zero attached hydrogens (tertiary/aromatic N) is 3. The van der Waals surface area contributed by atoms with E-state index in [9.17, 15) is 0 Å². The van der Waals surface area contributed by atoms with E-state index in [1.807, 2.05) is 6.07 Å². The molecule has 1 aliphatic rings. The molecule has 0 radical (unpaired) electrons. The van der Waals surface area contributed by atoms with Crippen LogP contribution < -0.4 is 0 Å². The quantitative estimate of drug-likeness (QED) is 0.164. The van der Waals surface area contributed by atoms with Gasteiger partial charge in [0.15, 0.2) is 17.5 Å². The lowest BCUT2D eigenvalue weighted by Crippen LogP contribution is -2.14. The van der Waals surface area contributed by atoms with Gasteiger partial charge in [-0.25, -0.2) is 15.0 Å². The fourth-order valence-electron chi connectivity index (χ4n) is 8.27. The lowest BCUT2D eigenvalue weighted by molar-refractivity contribution is 0.660. The van der Waals surface area contributed by atoms with Crippen molar-refractivity contribution in [3.05, 3.63) is 211 Å². The molecular formula is C54H39N3. The van der Waals surface area contributed by atoms with Crippen LogP contribution in [0.1, 0.15) is 25.0 Å². The standard InChI is InChI=1S/C54H39N3/c1-54(2)49-25-10-9-24-47(49)48-31-30-44(35-50(48)54)43-21-13-23-46(34-43)53-56-51(39-28-26-38(27-29-39)36-14-5-3-6-15-36)55-52(57-53)45-22-12-20-42(33-45)41-19-11-18-40(32-41)37-16-7-4-8-17-37/h3-35H,1-2H3. The van der Waals surface area contributed by atoms with Gasteiger partial charge in [0.1, 0.15) is 0 Å². The molecule has 0 unspecified atom stereocenters. The summed E-state index contributed by atoms with van der Waals surface area (Å²) in [5, 5.41) is 0. The third-order valence-electron chi connectivity index (χ3n) is 11.3. The van der Waals surface area contributed by atoms with Crippen molar-refractivity contribution >= 4 is 0 Å². The number of benzene rings is 8. The first-order chi connectivity index (χ1) is 28.0. The Balaban J connectivity index is 1.06. The normalized spacial score (nSPS) is 12.5. The Bertz CT molecular complexity index is 2910. The van der Waals surface area contributed by atoms with E-state index in [1.54, 1.807) is 0 Å². The first kappa shape index (κ1) is 34.3. The Morgan fingerprint density at radius 1 is 0.263 bits per heavy atom. The second-order valence-corrected chi connectivity index (χ2v) is 15.3. The van der Waals surface area contributed by atoms with Crippen LogP contribution in [0, 0.1) is 0 Å². The van der Waals surface area contributed by atoms with Crippen LogP contribution >= 0.6 is 0 Å². The molecule has 1 heterocycles. The van der Waals surface area contributed by atoms with Gasteiger partial charge in [-0.3, -0.25) is 0 Å². The largest absolute Gasteiger partial charge is 0.208 e. The minimum absolute atomic E-state index is 0.0784. The molecule has 0 amide bonds. The van der Waals surface area contributed by atoms with Crippen molar-refractivity contribution in [1.29, 1.82) is 0 Å². The van der Waals surface area contributed by atoms with Crippen LogP contribution in [0.3, 0.4) is 0 Å². The maximum atomic E-state index is 5.19. The maximum absolute atomic E-state index is 5.19. The molecule has 0 saturated carbocycles. The molecule has 3 nitrogen and oxygen atoms in total. The number of hydrogen-bond acceptors (Lipinski definition) is 3. The molecule has 3 heteroatoms. The average molecular weight is 730 g/mol. The van der Waals surface area contributed by atoms with Gasteiger partial charge in [-0.05, 0) is 91.0 Å². The van der Waals surface area contributed by atoms with Crippen LogP contribution in [0.2, 0.25) is 0 Å². The molecule has 0 aliphatic heterocycles. The SMILES string of the molecule is CC1(C)c2ccccc2-c2ccc(-c3cccc(-c4nc(-c5ccc(-c6ccccc6)cc5)nc(-c5cccc(-c6cccc(-c7ccccc7)c6)c5)n4)c3)cc21. The molecule has 57 heavy (non-hydrogen) atoms. The second-order valence-electron chi connectivity index (χ2n) is 15.3. The minimum atomic E-state index is -0.0784. The van der Waals surface area contributed by atoms with Gasteiger partial charge in [0, 0.05) is 22.1 Å². The lowest BCUT2D eigenvalue weighted by Gasteiger charge is -2.22. The van der Waals surface area contributed by atoms with Crippen LogP contribution in [-0.4, -0.2) is 15.0 Å². The number of rotatable bonds is 7. The van der Waals surface area contributed by atoms with Gasteiger partial charge in [-0.2, -0.15) is 0 Å². The summed E-state index contributed by atoms with van der Waals surface area (Å²) in [7, 11) is 0. The Hall–Kier alpha value is -7.23. The van der Waals surface area contributed by atoms with E-state index in [0.717, 1.165) is 38.9 Å². The Kier molecular flexibility index (Phi) is 8.49. The molecule has 0 fully saturated rings. The average Bonchev–Trinajstić information content (AvgIpc) is 3.52. The molecule has 1 aromatic heterocycles. The highest BCUT2D eigenvalue weighted by molar-refractivity contribution is 5.84. The fraction of sp³-hybridized carbons (Fsp3) is 0.0556. The highest BCUT2D eigenvalue weighted by Gasteiger charge is 2.35. The van der Waals surface area contributed by atoms with E-state index in [2.05, 4.69) is 208 Å². The topological polar surface area (TPSA) is 38.7 Å². The van der Waals surface area contributed by atoms with Crippen LogP contribution in [-0.2, 0) is 5.41 Å². The van der Waals surface area contributed by atoms with Gasteiger partial charge < -0.3 is 0 Å². The molecule has 0 saturated heterocycles. The molecule has 8 aromatic carbocycles. The second kappa shape index (κ2) is 14.1. The summed E-state index contributed by atoms with van der Waals surface area (Å²) in [6.45, 7) is 4.65. The zero-order valence-electron chi connectivity index (χ0n) is 31.9. The number of aromatic nitrogens is 3. The summed E-state index contributed by atoms with van der Waals surface area (Å²) >= 11 is 0. The highest BCUT2D eigenvalue weighted by atomic mass is 15.0. The highest BCUT2D eigenvalue weighted by Crippen LogP contribution is 2.49. The summed E-state index contributed by atoms with van der Waals surface area (Å²) in [4.78, 5) is 15.5. The Morgan fingerprint density at radius 2 is 0.614 bits per heavy atom. The van der Waals surface area contributed by atoms with Gasteiger partial charge in [0.25, 0.3) is 0 Å². The molecule has 9 aromatic rings. The van der Waals surface area contributed by atoms with Crippen molar-refractivity contribution in [3.63, 3.8) is 0 Å². The monoisotopic (exact) mass is 729 g/mol. The zero-order valence-corrected chi connectivity index (χ0v) is 31.9. The van der Waals surface area contributed by atoms with Crippen molar-refractivity contribution in [2.24, 2.45) is 0 Å². The van der Waals surface area contributed by atoms with Crippen LogP contribution in [0.15, 0.2) is 200 Å². The van der Waals surface area contributed by atoms with Crippen molar-refractivity contribution in [1.82, 2.24) is 15.0 Å². The molecule has 0 bridgehead atoms. The number of hydrogen-bond donors (Lipinski definition) is 0. The van der Waals surface area contributed by atoms with Gasteiger partial charge >= 0.3 is 0 Å². The molecule has 0 atom stereocenters. The molecule has 270 valence electrons. The maximum Gasteiger partial charge on any atom is 0.164 e. The van der Waals surface area contributed by atoms with E-state index >= 15 is 0 Å². The van der Waals surface area contributed by atoms with E-state index < -0.39 is 0 Å². The van der Waals surface area contributed by atoms with E-state index in [4.69, 9.17) is 15.0 Å². The molecule has 0 spiro atoms. The predicted octanol–water partition coefficient (Wildman–Crippen LogP) is 13.8. The van der Waals surface area contributed by atoms with Crippen LogP contribution in [0.4, 0.5) is 0 Å². The van der Waals surface area contributed by atoms with Crippen molar-refractivity contribution in [2.75, 3.05) is 0 Å². The van der Waals surface area contributed by atoms with Crippen molar-refractivity contribution < 1.29 is 0 Å². The summed E-state index contributed by atoms with van der Waals surface area (Å²) in [5.41, 5.74) is 17.3. The third-order valence-corrected chi connectivity index (χ3v) is 11.3. The van der Waals surface area contributed by atoms with E-state index in [1.165, 1.54) is 44.5 Å². The van der Waals surface area contributed by atoms with Gasteiger partial charge in [0.05, 0.1) is 0 Å². The summed E-state index contributed by atoms with van der Waals surface area (Å²) in [6.07, 6.45) is 0. The summed E-state index contributed by atoms with van der Waals surface area (Å²) in [6, 6.07) is 70.9. The van der Waals surface area contributed by atoms with Crippen molar-refractivity contribution in [3.8, 4) is 89.8 Å². The summed E-state index contributed by atoms with van der Waals surface area (Å²) < 4.78 is 0. The minimum Gasteiger partial charge on any atom is -0.208 e. The Morgan fingerprint density at radius 3 is 1.19 bits per heavy atom. The smallest absolute Gasteiger partial charge is 0.164 e. The first-order valence-electron chi connectivity index (χ1n) is 19.5.